The molecule has 0 aromatic heterocycles. The molecule has 0 spiro atoms. The lowest BCUT2D eigenvalue weighted by Crippen LogP contribution is -2.33. The molecule has 4 rings (SSSR count). The minimum Gasteiger partial charge on any atom is -0.462 e. The van der Waals surface area contributed by atoms with E-state index in [1.54, 1.807) is 36.4 Å². The second kappa shape index (κ2) is 11.7. The van der Waals surface area contributed by atoms with Crippen LogP contribution >= 0.6 is 11.6 Å². The average molecular weight is 533 g/mol. The fraction of sp³-hybridized carbons (Fsp3) is 0.172. The second-order valence-electron chi connectivity index (χ2n) is 8.38. The second-order valence-corrected chi connectivity index (χ2v) is 8.76. The Morgan fingerprint density at radius 2 is 1.55 bits per heavy atom. The third kappa shape index (κ3) is 5.60. The van der Waals surface area contributed by atoms with Crippen LogP contribution < -0.4 is 15.0 Å². The molecule has 0 aliphatic carbocycles. The zero-order valence-corrected chi connectivity index (χ0v) is 21.6. The number of aryl methyl sites for hydroxylation is 1. The Bertz CT molecular complexity index is 1410. The molecule has 9 heteroatoms. The Morgan fingerprint density at radius 1 is 0.868 bits per heavy atom. The summed E-state index contributed by atoms with van der Waals surface area (Å²) in [5.74, 6) is -2.26. The number of hydrogen-bond donors (Lipinski definition) is 1. The van der Waals surface area contributed by atoms with Gasteiger partial charge in [-0.15, -0.1) is 0 Å². The Hall–Kier alpha value is -4.43. The van der Waals surface area contributed by atoms with Gasteiger partial charge in [-0.1, -0.05) is 49.7 Å². The number of esters is 2. The zero-order valence-electron chi connectivity index (χ0n) is 20.8. The van der Waals surface area contributed by atoms with E-state index in [0.717, 1.165) is 16.9 Å². The first-order valence-electron chi connectivity index (χ1n) is 12.1. The molecule has 0 radical (unpaired) electrons. The quantitative estimate of drug-likeness (QED) is 0.221. The van der Waals surface area contributed by atoms with Crippen molar-refractivity contribution in [1.29, 1.82) is 0 Å². The number of hydrogen-bond acceptors (Lipinski definition) is 7. The lowest BCUT2D eigenvalue weighted by atomic mass is 10.1. The highest BCUT2D eigenvalue weighted by atomic mass is 35.5. The van der Waals surface area contributed by atoms with Crippen LogP contribution in [0.4, 0.5) is 11.4 Å². The Kier molecular flexibility index (Phi) is 8.23. The van der Waals surface area contributed by atoms with Gasteiger partial charge in [0, 0.05) is 5.69 Å². The number of rotatable bonds is 9. The molecule has 0 saturated carbocycles. The highest BCUT2D eigenvalue weighted by Gasteiger charge is 2.40. The van der Waals surface area contributed by atoms with Crippen molar-refractivity contribution in [3.8, 4) is 5.75 Å². The summed E-state index contributed by atoms with van der Waals surface area (Å²) in [7, 11) is 0. The SMILES string of the molecule is CCCOC(=O)c1ccccc1N1C(=O)C(Cl)=C(Nc2ccc(C(=O)Oc3ccc(CC)cc3)cc2)C1=O. The number of nitrogens with zero attached hydrogens (tertiary/aromatic N) is 1. The van der Waals surface area contributed by atoms with Crippen molar-refractivity contribution >= 4 is 46.7 Å². The van der Waals surface area contributed by atoms with Crippen molar-refractivity contribution in [2.24, 2.45) is 0 Å². The van der Waals surface area contributed by atoms with Gasteiger partial charge in [0.2, 0.25) is 0 Å². The number of amides is 2. The molecule has 0 saturated heterocycles. The lowest BCUT2D eigenvalue weighted by molar-refractivity contribution is -0.120. The number of nitrogens with one attached hydrogen (secondary N) is 1. The van der Waals surface area contributed by atoms with Crippen molar-refractivity contribution in [2.45, 2.75) is 26.7 Å². The number of imide groups is 1. The van der Waals surface area contributed by atoms with Crippen LogP contribution in [0.3, 0.4) is 0 Å². The largest absolute Gasteiger partial charge is 0.462 e. The zero-order chi connectivity index (χ0) is 27.2. The smallest absolute Gasteiger partial charge is 0.343 e. The molecule has 38 heavy (non-hydrogen) atoms. The van der Waals surface area contributed by atoms with E-state index in [1.165, 1.54) is 24.3 Å². The van der Waals surface area contributed by atoms with Crippen molar-refractivity contribution in [1.82, 2.24) is 0 Å². The molecule has 8 nitrogen and oxygen atoms in total. The molecular weight excluding hydrogens is 508 g/mol. The summed E-state index contributed by atoms with van der Waals surface area (Å²) in [6, 6.07) is 19.6. The molecule has 0 bridgehead atoms. The summed E-state index contributed by atoms with van der Waals surface area (Å²) in [5, 5.41) is 2.52. The number of carbonyl (C=O) groups excluding carboxylic acids is 4. The highest BCUT2D eigenvalue weighted by molar-refractivity contribution is 6.53. The van der Waals surface area contributed by atoms with E-state index in [1.807, 2.05) is 26.0 Å². The minimum atomic E-state index is -0.774. The number of benzene rings is 3. The van der Waals surface area contributed by atoms with E-state index in [0.29, 0.717) is 23.4 Å². The van der Waals surface area contributed by atoms with Crippen LogP contribution in [0.15, 0.2) is 83.5 Å². The maximum atomic E-state index is 13.2. The summed E-state index contributed by atoms with van der Waals surface area (Å²) < 4.78 is 10.6. The normalized spacial score (nSPS) is 13.1. The third-order valence-corrected chi connectivity index (χ3v) is 6.11. The van der Waals surface area contributed by atoms with E-state index in [4.69, 9.17) is 21.1 Å². The van der Waals surface area contributed by atoms with E-state index in [9.17, 15) is 19.2 Å². The Labute approximate surface area is 224 Å². The summed E-state index contributed by atoms with van der Waals surface area (Å²) in [6.07, 6.45) is 1.51. The molecule has 3 aromatic carbocycles. The van der Waals surface area contributed by atoms with Crippen LogP contribution in [0.2, 0.25) is 0 Å². The molecule has 0 unspecified atom stereocenters. The van der Waals surface area contributed by atoms with E-state index >= 15 is 0 Å². The van der Waals surface area contributed by atoms with Gasteiger partial charge in [0.15, 0.2) is 0 Å². The predicted octanol–water partition coefficient (Wildman–Crippen LogP) is 5.47. The topological polar surface area (TPSA) is 102 Å². The average Bonchev–Trinajstić information content (AvgIpc) is 3.15. The summed E-state index contributed by atoms with van der Waals surface area (Å²) in [6.45, 7) is 4.10. The lowest BCUT2D eigenvalue weighted by Gasteiger charge is -2.18. The van der Waals surface area contributed by atoms with Gasteiger partial charge in [0.1, 0.15) is 16.5 Å². The van der Waals surface area contributed by atoms with Gasteiger partial charge in [-0.3, -0.25) is 9.59 Å². The Balaban J connectivity index is 1.48. The van der Waals surface area contributed by atoms with Crippen LogP contribution in [0.5, 0.6) is 5.75 Å². The van der Waals surface area contributed by atoms with Crippen molar-refractivity contribution < 1.29 is 28.7 Å². The minimum absolute atomic E-state index is 0.0700. The number of para-hydroxylation sites is 1. The van der Waals surface area contributed by atoms with Gasteiger partial charge in [0.05, 0.1) is 23.4 Å². The van der Waals surface area contributed by atoms with Gasteiger partial charge in [0.25, 0.3) is 11.8 Å². The molecule has 0 fully saturated rings. The summed E-state index contributed by atoms with van der Waals surface area (Å²) >= 11 is 6.24. The summed E-state index contributed by atoms with van der Waals surface area (Å²) in [4.78, 5) is 52.0. The highest BCUT2D eigenvalue weighted by Crippen LogP contribution is 2.32. The molecule has 3 aromatic rings. The van der Waals surface area contributed by atoms with E-state index < -0.39 is 23.8 Å². The van der Waals surface area contributed by atoms with Gasteiger partial charge in [-0.2, -0.15) is 0 Å². The molecular formula is C29H25ClN2O6. The van der Waals surface area contributed by atoms with Crippen LogP contribution in [0, 0.1) is 0 Å². The number of ether oxygens (including phenoxy) is 2. The third-order valence-electron chi connectivity index (χ3n) is 5.76. The summed E-state index contributed by atoms with van der Waals surface area (Å²) in [5.41, 5.74) is 1.83. The Morgan fingerprint density at radius 3 is 2.21 bits per heavy atom. The molecule has 0 atom stereocenters. The van der Waals surface area contributed by atoms with Gasteiger partial charge in [-0.05, 0) is 66.9 Å². The first-order valence-corrected chi connectivity index (χ1v) is 12.4. The van der Waals surface area contributed by atoms with Crippen LogP contribution in [-0.4, -0.2) is 30.4 Å². The first-order chi connectivity index (χ1) is 18.3. The first kappa shape index (κ1) is 26.6. The molecule has 1 N–H and O–H groups in total. The fourth-order valence-corrected chi connectivity index (χ4v) is 3.95. The maximum Gasteiger partial charge on any atom is 0.343 e. The van der Waals surface area contributed by atoms with E-state index in [-0.39, 0.29) is 28.6 Å². The molecule has 1 aliphatic rings. The number of carbonyl (C=O) groups is 4. The van der Waals surface area contributed by atoms with Gasteiger partial charge >= 0.3 is 11.9 Å². The molecule has 1 heterocycles. The molecule has 194 valence electrons. The van der Waals surface area contributed by atoms with Crippen molar-refractivity contribution in [3.05, 3.63) is 100 Å². The van der Waals surface area contributed by atoms with Crippen LogP contribution in [0.1, 0.15) is 46.5 Å². The van der Waals surface area contributed by atoms with Crippen LogP contribution in [-0.2, 0) is 20.7 Å². The predicted molar refractivity (Wildman–Crippen MR) is 143 cm³/mol. The number of halogens is 1. The maximum absolute atomic E-state index is 13.2. The molecule has 1 aliphatic heterocycles. The van der Waals surface area contributed by atoms with Crippen LogP contribution in [0.25, 0.3) is 0 Å². The fourth-order valence-electron chi connectivity index (χ4n) is 3.74. The van der Waals surface area contributed by atoms with Gasteiger partial charge < -0.3 is 14.8 Å². The molecule has 2 amide bonds. The van der Waals surface area contributed by atoms with Crippen molar-refractivity contribution in [3.63, 3.8) is 0 Å². The number of anilines is 2. The standard InChI is InChI=1S/C29H25ClN2O6/c1-3-17-37-29(36)22-7-5-6-8-23(22)32-26(33)24(30)25(27(32)34)31-20-13-11-19(12-14-20)28(35)38-21-15-9-18(4-2)10-16-21/h5-16,31H,3-4,17H2,1-2H3. The van der Waals surface area contributed by atoms with Gasteiger partial charge in [-0.25, -0.2) is 14.5 Å². The van der Waals surface area contributed by atoms with E-state index in [2.05, 4.69) is 5.32 Å². The van der Waals surface area contributed by atoms with Crippen molar-refractivity contribution in [2.75, 3.05) is 16.8 Å². The monoisotopic (exact) mass is 532 g/mol.